The average Bonchev–Trinajstić information content (AvgIpc) is 3.01. The number of halogens is 1. The maximum absolute atomic E-state index is 13.6. The van der Waals surface area contributed by atoms with Crippen LogP contribution in [0.3, 0.4) is 0 Å². The number of aliphatic imine (C=N–C) groups is 1. The Morgan fingerprint density at radius 1 is 1.10 bits per heavy atom. The second-order valence-electron chi connectivity index (χ2n) is 4.53. The fourth-order valence-electron chi connectivity index (χ4n) is 2.14. The van der Waals surface area contributed by atoms with Crippen molar-refractivity contribution in [1.82, 2.24) is 5.32 Å². The number of ether oxygens (including phenoxy) is 1. The molecule has 3 rings (SSSR count). The molecule has 0 spiro atoms. The van der Waals surface area contributed by atoms with Crippen LogP contribution in [0.2, 0.25) is 0 Å². The smallest absolute Gasteiger partial charge is 0.132 e. The Bertz CT molecular complexity index is 640. The maximum atomic E-state index is 13.6. The van der Waals surface area contributed by atoms with Crippen molar-refractivity contribution in [3.8, 4) is 5.75 Å². The quantitative estimate of drug-likeness (QED) is 0.926. The lowest BCUT2D eigenvalue weighted by molar-refractivity contribution is 0.299. The molecule has 0 radical (unpaired) electrons. The topological polar surface area (TPSA) is 33.6 Å². The molecule has 1 aliphatic heterocycles. The Morgan fingerprint density at radius 3 is 2.70 bits per heavy atom. The van der Waals surface area contributed by atoms with Gasteiger partial charge in [0.2, 0.25) is 0 Å². The molecule has 0 atom stereocenters. The molecule has 3 nitrogen and oxygen atoms in total. The first-order valence-electron chi connectivity index (χ1n) is 6.58. The van der Waals surface area contributed by atoms with Crippen LogP contribution in [0.1, 0.15) is 11.1 Å². The Balaban J connectivity index is 1.79. The second kappa shape index (κ2) is 5.74. The monoisotopic (exact) mass is 270 g/mol. The van der Waals surface area contributed by atoms with Gasteiger partial charge < -0.3 is 10.1 Å². The van der Waals surface area contributed by atoms with Gasteiger partial charge in [0.15, 0.2) is 0 Å². The summed E-state index contributed by atoms with van der Waals surface area (Å²) < 4.78 is 19.3. The third-order valence-corrected chi connectivity index (χ3v) is 3.16. The van der Waals surface area contributed by atoms with E-state index in [9.17, 15) is 4.39 Å². The Kier molecular flexibility index (Phi) is 3.63. The van der Waals surface area contributed by atoms with Gasteiger partial charge in [0.05, 0.1) is 12.1 Å². The molecule has 2 aromatic carbocycles. The molecule has 20 heavy (non-hydrogen) atoms. The second-order valence-corrected chi connectivity index (χ2v) is 4.53. The minimum atomic E-state index is -0.249. The molecule has 0 aromatic heterocycles. The highest BCUT2D eigenvalue weighted by molar-refractivity contribution is 6.02. The molecule has 0 aliphatic carbocycles. The van der Waals surface area contributed by atoms with Crippen LogP contribution in [-0.2, 0) is 6.61 Å². The largest absolute Gasteiger partial charge is 0.488 e. The highest BCUT2D eigenvalue weighted by Gasteiger charge is 2.13. The van der Waals surface area contributed by atoms with E-state index in [1.54, 1.807) is 18.2 Å². The van der Waals surface area contributed by atoms with Gasteiger partial charge in [-0.15, -0.1) is 0 Å². The molecule has 2 aromatic rings. The van der Waals surface area contributed by atoms with E-state index in [2.05, 4.69) is 10.3 Å². The summed E-state index contributed by atoms with van der Waals surface area (Å²) in [5, 5.41) is 3.22. The first-order valence-corrected chi connectivity index (χ1v) is 6.58. The minimum absolute atomic E-state index is 0.205. The van der Waals surface area contributed by atoms with Gasteiger partial charge >= 0.3 is 0 Å². The van der Waals surface area contributed by atoms with Crippen LogP contribution in [0.5, 0.6) is 5.75 Å². The standard InChI is InChI=1S/C16H15FN2O/c17-14-7-3-1-5-12(14)11-20-15-8-4-2-6-13(15)16-18-9-10-19-16/h1-8H,9-11H2,(H,18,19). The Morgan fingerprint density at radius 2 is 1.90 bits per heavy atom. The van der Waals surface area contributed by atoms with Gasteiger partial charge in [0, 0.05) is 12.1 Å². The lowest BCUT2D eigenvalue weighted by Crippen LogP contribution is -2.20. The number of nitrogens with zero attached hydrogens (tertiary/aromatic N) is 1. The molecular formula is C16H15FN2O. The summed E-state index contributed by atoms with van der Waals surface area (Å²) in [5.41, 5.74) is 1.46. The van der Waals surface area contributed by atoms with E-state index >= 15 is 0 Å². The van der Waals surface area contributed by atoms with Crippen LogP contribution in [0.15, 0.2) is 53.5 Å². The van der Waals surface area contributed by atoms with Gasteiger partial charge in [-0.3, -0.25) is 4.99 Å². The molecule has 1 heterocycles. The zero-order chi connectivity index (χ0) is 13.8. The fourth-order valence-corrected chi connectivity index (χ4v) is 2.14. The van der Waals surface area contributed by atoms with Crippen molar-refractivity contribution in [3.05, 3.63) is 65.5 Å². The number of nitrogens with one attached hydrogen (secondary N) is 1. The van der Waals surface area contributed by atoms with Crippen LogP contribution in [0, 0.1) is 5.82 Å². The Labute approximate surface area is 117 Å². The number of hydrogen-bond donors (Lipinski definition) is 1. The number of hydrogen-bond acceptors (Lipinski definition) is 3. The van der Waals surface area contributed by atoms with Crippen molar-refractivity contribution in [2.75, 3.05) is 13.1 Å². The van der Waals surface area contributed by atoms with E-state index < -0.39 is 0 Å². The lowest BCUT2D eigenvalue weighted by atomic mass is 10.2. The first kappa shape index (κ1) is 12.7. The van der Waals surface area contributed by atoms with E-state index in [-0.39, 0.29) is 12.4 Å². The van der Waals surface area contributed by atoms with Crippen molar-refractivity contribution in [1.29, 1.82) is 0 Å². The molecule has 1 N–H and O–H groups in total. The normalized spacial score (nSPS) is 13.8. The number of amidine groups is 1. The summed E-state index contributed by atoms with van der Waals surface area (Å²) in [7, 11) is 0. The molecule has 0 fully saturated rings. The molecule has 102 valence electrons. The van der Waals surface area contributed by atoms with E-state index in [1.807, 2.05) is 24.3 Å². The van der Waals surface area contributed by atoms with Crippen LogP contribution >= 0.6 is 0 Å². The van der Waals surface area contributed by atoms with Crippen LogP contribution < -0.4 is 10.1 Å². The molecule has 1 aliphatic rings. The van der Waals surface area contributed by atoms with Gasteiger partial charge in [-0.25, -0.2) is 4.39 Å². The minimum Gasteiger partial charge on any atom is -0.488 e. The zero-order valence-electron chi connectivity index (χ0n) is 11.0. The predicted octanol–water partition coefficient (Wildman–Crippen LogP) is 2.75. The van der Waals surface area contributed by atoms with Gasteiger partial charge in [-0.1, -0.05) is 30.3 Å². The highest BCUT2D eigenvalue weighted by atomic mass is 19.1. The van der Waals surface area contributed by atoms with E-state index in [4.69, 9.17) is 4.74 Å². The van der Waals surface area contributed by atoms with Crippen LogP contribution in [0.25, 0.3) is 0 Å². The summed E-state index contributed by atoms with van der Waals surface area (Å²) in [6.45, 7) is 1.82. The highest BCUT2D eigenvalue weighted by Crippen LogP contribution is 2.21. The van der Waals surface area contributed by atoms with E-state index in [1.165, 1.54) is 6.07 Å². The van der Waals surface area contributed by atoms with Crippen molar-refractivity contribution >= 4 is 5.84 Å². The summed E-state index contributed by atoms with van der Waals surface area (Å²) in [6, 6.07) is 14.3. The molecule has 0 saturated carbocycles. The van der Waals surface area contributed by atoms with Gasteiger partial charge in [0.25, 0.3) is 0 Å². The SMILES string of the molecule is Fc1ccccc1COc1ccccc1C1=NCCN1. The third kappa shape index (κ3) is 2.64. The van der Waals surface area contributed by atoms with E-state index in [0.717, 1.165) is 24.5 Å². The zero-order valence-corrected chi connectivity index (χ0v) is 11.0. The number of rotatable bonds is 4. The van der Waals surface area contributed by atoms with Crippen molar-refractivity contribution in [3.63, 3.8) is 0 Å². The molecule has 0 unspecified atom stereocenters. The molecule has 0 bridgehead atoms. The van der Waals surface area contributed by atoms with E-state index in [0.29, 0.717) is 11.3 Å². The fraction of sp³-hybridized carbons (Fsp3) is 0.188. The summed E-state index contributed by atoms with van der Waals surface area (Å²) >= 11 is 0. The van der Waals surface area contributed by atoms with Crippen LogP contribution in [-0.4, -0.2) is 18.9 Å². The average molecular weight is 270 g/mol. The summed E-state index contributed by atoms with van der Waals surface area (Å²) in [6.07, 6.45) is 0. The van der Waals surface area contributed by atoms with Crippen molar-refractivity contribution in [2.24, 2.45) is 4.99 Å². The Hall–Kier alpha value is -2.36. The van der Waals surface area contributed by atoms with Crippen LogP contribution in [0.4, 0.5) is 4.39 Å². The molecule has 4 heteroatoms. The molecule has 0 saturated heterocycles. The van der Waals surface area contributed by atoms with Crippen molar-refractivity contribution in [2.45, 2.75) is 6.61 Å². The maximum Gasteiger partial charge on any atom is 0.132 e. The summed E-state index contributed by atoms with van der Waals surface area (Å²) in [5.74, 6) is 1.30. The van der Waals surface area contributed by atoms with Crippen molar-refractivity contribution < 1.29 is 9.13 Å². The first-order chi connectivity index (χ1) is 9.84. The lowest BCUT2D eigenvalue weighted by Gasteiger charge is -2.12. The van der Waals surface area contributed by atoms with Gasteiger partial charge in [-0.05, 0) is 18.2 Å². The molecular weight excluding hydrogens is 255 g/mol. The predicted molar refractivity (Wildman–Crippen MR) is 76.6 cm³/mol. The van der Waals surface area contributed by atoms with Gasteiger partial charge in [0.1, 0.15) is 24.0 Å². The molecule has 0 amide bonds. The number of para-hydroxylation sites is 1. The summed E-state index contributed by atoms with van der Waals surface area (Å²) in [4.78, 5) is 4.39. The van der Waals surface area contributed by atoms with Gasteiger partial charge in [-0.2, -0.15) is 0 Å². The number of benzene rings is 2. The third-order valence-electron chi connectivity index (χ3n) is 3.16.